The summed E-state index contributed by atoms with van der Waals surface area (Å²) in [6.45, 7) is 5.88. The molecule has 1 amide bonds. The number of benzene rings is 2. The molecule has 42 heavy (non-hydrogen) atoms. The number of Topliss-reactive ketones (excluding diaryl/α,β-unsaturated/α-hetero) is 1. The number of ether oxygens (including phenoxy) is 5. The van der Waals surface area contributed by atoms with Crippen LogP contribution in [0.5, 0.6) is 23.0 Å². The largest absolute Gasteiger partial charge is 0.507 e. The van der Waals surface area contributed by atoms with Crippen molar-refractivity contribution in [3.8, 4) is 23.0 Å². The number of esters is 1. The average Bonchev–Trinajstić information content (AvgIpc) is 3.51. The zero-order chi connectivity index (χ0) is 30.6. The molecule has 1 atom stereocenters. The molecule has 1 fully saturated rings. The Morgan fingerprint density at radius 3 is 2.33 bits per heavy atom. The predicted molar refractivity (Wildman–Crippen MR) is 156 cm³/mol. The minimum atomic E-state index is -1.17. The van der Waals surface area contributed by atoms with Crippen molar-refractivity contribution in [1.82, 2.24) is 4.98 Å². The molecule has 2 heterocycles. The van der Waals surface area contributed by atoms with Gasteiger partial charge < -0.3 is 28.8 Å². The molecular weight excluding hydrogens is 564 g/mol. The van der Waals surface area contributed by atoms with Crippen molar-refractivity contribution in [2.24, 2.45) is 0 Å². The summed E-state index contributed by atoms with van der Waals surface area (Å²) in [7, 11) is 4.33. The van der Waals surface area contributed by atoms with Crippen LogP contribution in [-0.2, 0) is 14.3 Å². The van der Waals surface area contributed by atoms with Crippen LogP contribution in [0.1, 0.15) is 52.8 Å². The molecule has 0 bridgehead atoms. The molecule has 0 radical (unpaired) electrons. The van der Waals surface area contributed by atoms with Crippen LogP contribution in [0, 0.1) is 6.92 Å². The zero-order valence-corrected chi connectivity index (χ0v) is 25.0. The van der Waals surface area contributed by atoms with Gasteiger partial charge in [0.25, 0.3) is 5.78 Å². The number of thiazole rings is 1. The molecular formula is C30H32N2O9S. The first-order valence-electron chi connectivity index (χ1n) is 13.2. The lowest BCUT2D eigenvalue weighted by atomic mass is 9.94. The SMILES string of the molecule is CCCOc1cccc(/C(O)=C2\C(=O)C(=O)N(c3nc(C)c(C(=O)OCC)s3)C2c2cc(OC)c(OC)c(OC)c2)c1. The molecule has 4 rings (SSSR count). The van der Waals surface area contributed by atoms with Crippen molar-refractivity contribution >= 4 is 39.9 Å². The van der Waals surface area contributed by atoms with Crippen LogP contribution in [0.15, 0.2) is 42.0 Å². The van der Waals surface area contributed by atoms with Gasteiger partial charge in [0.2, 0.25) is 5.75 Å². The number of aliphatic hydroxyl groups excluding tert-OH is 1. The minimum Gasteiger partial charge on any atom is -0.507 e. The van der Waals surface area contributed by atoms with E-state index in [-0.39, 0.29) is 39.3 Å². The van der Waals surface area contributed by atoms with Gasteiger partial charge in [-0.1, -0.05) is 30.4 Å². The van der Waals surface area contributed by atoms with Gasteiger partial charge in [0, 0.05) is 5.56 Å². The van der Waals surface area contributed by atoms with E-state index in [4.69, 9.17) is 23.7 Å². The van der Waals surface area contributed by atoms with Crippen molar-refractivity contribution in [2.45, 2.75) is 33.2 Å². The number of methoxy groups -OCH3 is 3. The van der Waals surface area contributed by atoms with Crippen molar-refractivity contribution in [2.75, 3.05) is 39.4 Å². The summed E-state index contributed by atoms with van der Waals surface area (Å²) < 4.78 is 27.4. The second-order valence-electron chi connectivity index (χ2n) is 9.14. The number of ketones is 1. The topological polar surface area (TPSA) is 134 Å². The number of hydrogen-bond donors (Lipinski definition) is 1. The Morgan fingerprint density at radius 2 is 1.74 bits per heavy atom. The summed E-state index contributed by atoms with van der Waals surface area (Å²) in [6.07, 6.45) is 0.781. The molecule has 0 spiro atoms. The molecule has 1 saturated heterocycles. The van der Waals surface area contributed by atoms with E-state index >= 15 is 0 Å². The van der Waals surface area contributed by atoms with E-state index in [1.165, 1.54) is 21.3 Å². The highest BCUT2D eigenvalue weighted by Crippen LogP contribution is 2.48. The van der Waals surface area contributed by atoms with Gasteiger partial charge >= 0.3 is 11.9 Å². The fraction of sp³-hybridized carbons (Fsp3) is 0.333. The van der Waals surface area contributed by atoms with E-state index in [9.17, 15) is 19.5 Å². The summed E-state index contributed by atoms with van der Waals surface area (Å²) in [5.41, 5.74) is 0.794. The standard InChI is InChI=1S/C30H32N2O9S/c1-7-12-41-19-11-9-10-17(13-19)24(33)22-23(18-14-20(37-4)26(39-6)21(15-18)38-5)32(28(35)25(22)34)30-31-16(3)27(42-30)29(36)40-8-2/h9-11,13-15,23,33H,7-8,12H2,1-6H3/b24-22+. The number of aliphatic hydroxyl groups is 1. The van der Waals surface area contributed by atoms with Crippen LogP contribution in [0.2, 0.25) is 0 Å². The number of nitrogens with zero attached hydrogens (tertiary/aromatic N) is 2. The Labute approximate surface area is 247 Å². The minimum absolute atomic E-state index is 0.0792. The summed E-state index contributed by atoms with van der Waals surface area (Å²) in [5.74, 6) is -1.52. The molecule has 0 aliphatic carbocycles. The highest BCUT2D eigenvalue weighted by atomic mass is 32.1. The summed E-state index contributed by atoms with van der Waals surface area (Å²) in [4.78, 5) is 45.7. The van der Waals surface area contributed by atoms with E-state index < -0.39 is 29.5 Å². The van der Waals surface area contributed by atoms with Gasteiger partial charge in [-0.15, -0.1) is 0 Å². The Kier molecular flexibility index (Phi) is 9.36. The third kappa shape index (κ3) is 5.62. The number of hydrogen-bond acceptors (Lipinski definition) is 11. The fourth-order valence-electron chi connectivity index (χ4n) is 4.58. The molecule has 1 aliphatic rings. The molecule has 1 N–H and O–H groups in total. The molecule has 2 aromatic carbocycles. The van der Waals surface area contributed by atoms with Crippen molar-refractivity contribution in [1.29, 1.82) is 0 Å². The van der Waals surface area contributed by atoms with Gasteiger partial charge in [-0.2, -0.15) is 0 Å². The lowest BCUT2D eigenvalue weighted by Crippen LogP contribution is -2.29. The Hall–Kier alpha value is -4.58. The van der Waals surface area contributed by atoms with E-state index in [1.807, 2.05) is 6.92 Å². The maximum atomic E-state index is 13.7. The van der Waals surface area contributed by atoms with Crippen LogP contribution in [0.4, 0.5) is 5.13 Å². The monoisotopic (exact) mass is 596 g/mol. The molecule has 1 unspecified atom stereocenters. The molecule has 0 saturated carbocycles. The molecule has 1 aliphatic heterocycles. The number of carbonyl (C=O) groups is 3. The second-order valence-corrected chi connectivity index (χ2v) is 10.1. The van der Waals surface area contributed by atoms with Gasteiger partial charge in [0.05, 0.1) is 51.9 Å². The summed E-state index contributed by atoms with van der Waals surface area (Å²) in [5, 5.41) is 11.7. The van der Waals surface area contributed by atoms with E-state index in [0.717, 1.165) is 22.7 Å². The first kappa shape index (κ1) is 30.4. The number of aromatic nitrogens is 1. The van der Waals surface area contributed by atoms with Crippen LogP contribution in [-0.4, -0.2) is 62.3 Å². The summed E-state index contributed by atoms with van der Waals surface area (Å²) >= 11 is 0.913. The first-order chi connectivity index (χ1) is 20.2. The highest BCUT2D eigenvalue weighted by molar-refractivity contribution is 7.17. The number of aryl methyl sites for hydroxylation is 1. The first-order valence-corrected chi connectivity index (χ1v) is 14.0. The Morgan fingerprint density at radius 1 is 1.05 bits per heavy atom. The van der Waals surface area contributed by atoms with Crippen molar-refractivity contribution < 1.29 is 43.2 Å². The van der Waals surface area contributed by atoms with Gasteiger partial charge in [-0.3, -0.25) is 14.5 Å². The molecule has 11 nitrogen and oxygen atoms in total. The normalized spacial score (nSPS) is 16.0. The number of rotatable bonds is 11. The number of anilines is 1. The maximum Gasteiger partial charge on any atom is 0.350 e. The smallest absolute Gasteiger partial charge is 0.350 e. The van der Waals surface area contributed by atoms with Crippen molar-refractivity contribution in [3.05, 3.63) is 63.7 Å². The van der Waals surface area contributed by atoms with Gasteiger partial charge in [0.15, 0.2) is 16.6 Å². The highest BCUT2D eigenvalue weighted by Gasteiger charge is 2.49. The van der Waals surface area contributed by atoms with E-state index in [1.54, 1.807) is 50.2 Å². The van der Waals surface area contributed by atoms with Crippen LogP contribution >= 0.6 is 11.3 Å². The predicted octanol–water partition coefficient (Wildman–Crippen LogP) is 5.07. The quantitative estimate of drug-likeness (QED) is 0.138. The van der Waals surface area contributed by atoms with E-state index in [2.05, 4.69) is 4.98 Å². The van der Waals surface area contributed by atoms with Gasteiger partial charge in [0.1, 0.15) is 16.4 Å². The fourth-order valence-corrected chi connectivity index (χ4v) is 5.57. The second kappa shape index (κ2) is 12.9. The van der Waals surface area contributed by atoms with Gasteiger partial charge in [-0.25, -0.2) is 9.78 Å². The van der Waals surface area contributed by atoms with Gasteiger partial charge in [-0.05, 0) is 50.1 Å². The molecule has 222 valence electrons. The third-order valence-electron chi connectivity index (χ3n) is 6.48. The Bertz CT molecular complexity index is 1520. The lowest BCUT2D eigenvalue weighted by Gasteiger charge is -2.24. The lowest BCUT2D eigenvalue weighted by molar-refractivity contribution is -0.132. The molecule has 3 aromatic rings. The average molecular weight is 597 g/mol. The van der Waals surface area contributed by atoms with Crippen LogP contribution < -0.4 is 23.8 Å². The maximum absolute atomic E-state index is 13.7. The van der Waals surface area contributed by atoms with Crippen LogP contribution in [0.25, 0.3) is 5.76 Å². The summed E-state index contributed by atoms with van der Waals surface area (Å²) in [6, 6.07) is 8.63. The Balaban J connectivity index is 1.97. The number of carbonyl (C=O) groups excluding carboxylic acids is 3. The van der Waals surface area contributed by atoms with E-state index in [0.29, 0.717) is 29.4 Å². The number of amides is 1. The molecule has 1 aromatic heterocycles. The third-order valence-corrected chi connectivity index (χ3v) is 7.62. The molecule has 12 heteroatoms. The van der Waals surface area contributed by atoms with Crippen LogP contribution in [0.3, 0.4) is 0 Å². The van der Waals surface area contributed by atoms with Crippen molar-refractivity contribution in [3.63, 3.8) is 0 Å². The zero-order valence-electron chi connectivity index (χ0n) is 24.2.